The molecule has 1 amide bonds. The van der Waals surface area contributed by atoms with Crippen molar-refractivity contribution in [3.8, 4) is 22.5 Å². The third kappa shape index (κ3) is 4.25. The van der Waals surface area contributed by atoms with Gasteiger partial charge in [-0.15, -0.1) is 11.3 Å². The first kappa shape index (κ1) is 20.2. The van der Waals surface area contributed by atoms with Crippen LogP contribution in [-0.4, -0.2) is 58.1 Å². The average Bonchev–Trinajstić information content (AvgIpc) is 3.33. The summed E-state index contributed by atoms with van der Waals surface area (Å²) in [6.07, 6.45) is 1.81. The van der Waals surface area contributed by atoms with Crippen molar-refractivity contribution < 1.29 is 14.3 Å². The van der Waals surface area contributed by atoms with Crippen LogP contribution in [0.15, 0.2) is 29.6 Å². The number of rotatable bonds is 5. The normalized spacial score (nSPS) is 16.4. The summed E-state index contributed by atoms with van der Waals surface area (Å²) in [7, 11) is 2.95. The van der Waals surface area contributed by atoms with Gasteiger partial charge in [-0.2, -0.15) is 9.97 Å². The van der Waals surface area contributed by atoms with Gasteiger partial charge in [-0.3, -0.25) is 4.79 Å². The van der Waals surface area contributed by atoms with E-state index in [0.29, 0.717) is 19.0 Å². The molecule has 0 bridgehead atoms. The minimum atomic E-state index is -0.176. The first-order chi connectivity index (χ1) is 14.6. The largest absolute Gasteiger partial charge is 0.481 e. The van der Waals surface area contributed by atoms with E-state index in [-0.39, 0.29) is 23.5 Å². The maximum Gasteiger partial charge on any atom is 0.320 e. The third-order valence-corrected chi connectivity index (χ3v) is 5.90. The molecular formula is C21H23N5O3S. The quantitative estimate of drug-likeness (QED) is 0.619. The lowest BCUT2D eigenvalue weighted by Crippen LogP contribution is -2.40. The summed E-state index contributed by atoms with van der Waals surface area (Å²) in [4.78, 5) is 33.8. The second kappa shape index (κ2) is 8.74. The van der Waals surface area contributed by atoms with E-state index in [0.717, 1.165) is 34.9 Å². The zero-order valence-corrected chi connectivity index (χ0v) is 18.0. The standard InChI is InChI=1S/C21H23N5O3S/c1-13-10-15(17-7-5-9-30-17)23-19(22-13)14-6-4-8-26(12-14)20(27)16-11-18(28-2)25-21(24-16)29-3/h5,7,9-11,14H,4,6,8,12H2,1-3H3/t14-/m0/s1. The molecule has 0 unspecified atom stereocenters. The van der Waals surface area contributed by atoms with Gasteiger partial charge in [0, 0.05) is 30.8 Å². The lowest BCUT2D eigenvalue weighted by Gasteiger charge is -2.32. The fourth-order valence-electron chi connectivity index (χ4n) is 3.57. The number of likely N-dealkylation sites (tertiary alicyclic amines) is 1. The van der Waals surface area contributed by atoms with Gasteiger partial charge in [0.15, 0.2) is 0 Å². The summed E-state index contributed by atoms with van der Waals surface area (Å²) < 4.78 is 10.3. The Morgan fingerprint density at radius 3 is 2.77 bits per heavy atom. The molecule has 156 valence electrons. The van der Waals surface area contributed by atoms with Crippen molar-refractivity contribution in [3.05, 3.63) is 46.9 Å². The van der Waals surface area contributed by atoms with Crippen molar-refractivity contribution in [1.29, 1.82) is 0 Å². The van der Waals surface area contributed by atoms with Crippen molar-refractivity contribution in [2.75, 3.05) is 27.3 Å². The monoisotopic (exact) mass is 425 g/mol. The van der Waals surface area contributed by atoms with Crippen LogP contribution in [-0.2, 0) is 0 Å². The van der Waals surface area contributed by atoms with E-state index in [1.807, 2.05) is 24.4 Å². The average molecular weight is 426 g/mol. The molecule has 0 aromatic carbocycles. The van der Waals surface area contributed by atoms with Crippen molar-refractivity contribution in [2.24, 2.45) is 0 Å². The first-order valence-electron chi connectivity index (χ1n) is 9.73. The van der Waals surface area contributed by atoms with E-state index in [9.17, 15) is 4.79 Å². The van der Waals surface area contributed by atoms with Crippen LogP contribution in [0.3, 0.4) is 0 Å². The highest BCUT2D eigenvalue weighted by Gasteiger charge is 2.29. The van der Waals surface area contributed by atoms with Gasteiger partial charge in [0.2, 0.25) is 5.88 Å². The molecule has 8 nitrogen and oxygen atoms in total. The molecule has 1 saturated heterocycles. The summed E-state index contributed by atoms with van der Waals surface area (Å²) in [5, 5.41) is 2.04. The number of piperidine rings is 1. The van der Waals surface area contributed by atoms with Crippen molar-refractivity contribution in [2.45, 2.75) is 25.7 Å². The molecule has 1 atom stereocenters. The number of aryl methyl sites for hydroxylation is 1. The number of thiophene rings is 1. The molecule has 1 aliphatic rings. The molecule has 4 rings (SSSR count). The minimum absolute atomic E-state index is 0.0759. The molecule has 0 N–H and O–H groups in total. The number of hydrogen-bond donors (Lipinski definition) is 0. The smallest absolute Gasteiger partial charge is 0.320 e. The Balaban J connectivity index is 1.57. The van der Waals surface area contributed by atoms with Gasteiger partial charge in [0.05, 0.1) is 24.8 Å². The van der Waals surface area contributed by atoms with E-state index in [4.69, 9.17) is 14.5 Å². The Morgan fingerprint density at radius 2 is 2.03 bits per heavy atom. The van der Waals surface area contributed by atoms with Gasteiger partial charge in [0.25, 0.3) is 5.91 Å². The van der Waals surface area contributed by atoms with Gasteiger partial charge < -0.3 is 14.4 Å². The van der Waals surface area contributed by atoms with E-state index in [2.05, 4.69) is 21.0 Å². The van der Waals surface area contributed by atoms with Crippen molar-refractivity contribution in [1.82, 2.24) is 24.8 Å². The second-order valence-electron chi connectivity index (χ2n) is 7.10. The minimum Gasteiger partial charge on any atom is -0.481 e. The van der Waals surface area contributed by atoms with Gasteiger partial charge in [-0.05, 0) is 37.3 Å². The molecule has 1 fully saturated rings. The number of carbonyl (C=O) groups excluding carboxylic acids is 1. The van der Waals surface area contributed by atoms with E-state index in [1.165, 1.54) is 20.3 Å². The second-order valence-corrected chi connectivity index (χ2v) is 8.05. The number of hydrogen-bond acceptors (Lipinski definition) is 8. The van der Waals surface area contributed by atoms with Crippen molar-refractivity contribution in [3.63, 3.8) is 0 Å². The van der Waals surface area contributed by atoms with Crippen molar-refractivity contribution >= 4 is 17.2 Å². The maximum atomic E-state index is 13.1. The first-order valence-corrected chi connectivity index (χ1v) is 10.6. The number of amides is 1. The van der Waals surface area contributed by atoms with Gasteiger partial charge in [-0.1, -0.05) is 6.07 Å². The highest BCUT2D eigenvalue weighted by molar-refractivity contribution is 7.13. The molecule has 0 spiro atoms. The molecule has 0 aliphatic carbocycles. The number of aromatic nitrogens is 4. The van der Waals surface area contributed by atoms with Crippen LogP contribution >= 0.6 is 11.3 Å². The molecule has 3 aromatic rings. The number of ether oxygens (including phenoxy) is 2. The molecule has 4 heterocycles. The Morgan fingerprint density at radius 1 is 1.17 bits per heavy atom. The molecular weight excluding hydrogens is 402 g/mol. The summed E-state index contributed by atoms with van der Waals surface area (Å²) in [5.74, 6) is 0.979. The van der Waals surface area contributed by atoms with E-state index in [1.54, 1.807) is 16.2 Å². The van der Waals surface area contributed by atoms with Crippen LogP contribution in [0.1, 0.15) is 40.8 Å². The zero-order chi connectivity index (χ0) is 21.1. The third-order valence-electron chi connectivity index (χ3n) is 5.01. The van der Waals surface area contributed by atoms with Gasteiger partial charge in [0.1, 0.15) is 11.5 Å². The molecule has 0 radical (unpaired) electrons. The number of methoxy groups -OCH3 is 2. The predicted molar refractivity (Wildman–Crippen MR) is 113 cm³/mol. The van der Waals surface area contributed by atoms with Gasteiger partial charge in [-0.25, -0.2) is 9.97 Å². The molecule has 1 aliphatic heterocycles. The topological polar surface area (TPSA) is 90.3 Å². The van der Waals surface area contributed by atoms with Crippen LogP contribution < -0.4 is 9.47 Å². The maximum absolute atomic E-state index is 13.1. The Bertz CT molecular complexity index is 1020. The van der Waals surface area contributed by atoms with Crippen LogP contribution in [0.25, 0.3) is 10.6 Å². The van der Waals surface area contributed by atoms with Crippen LogP contribution in [0.5, 0.6) is 11.9 Å². The van der Waals surface area contributed by atoms with Crippen LogP contribution in [0.4, 0.5) is 0 Å². The van der Waals surface area contributed by atoms with E-state index >= 15 is 0 Å². The lowest BCUT2D eigenvalue weighted by atomic mass is 9.96. The fourth-order valence-corrected chi connectivity index (χ4v) is 4.25. The highest BCUT2D eigenvalue weighted by Crippen LogP contribution is 2.29. The number of carbonyl (C=O) groups is 1. The summed E-state index contributed by atoms with van der Waals surface area (Å²) >= 11 is 1.66. The summed E-state index contributed by atoms with van der Waals surface area (Å²) in [5.41, 5.74) is 2.11. The van der Waals surface area contributed by atoms with E-state index < -0.39 is 0 Å². The van der Waals surface area contributed by atoms with Crippen LogP contribution in [0, 0.1) is 6.92 Å². The van der Waals surface area contributed by atoms with Gasteiger partial charge >= 0.3 is 6.01 Å². The molecule has 3 aromatic heterocycles. The SMILES string of the molecule is COc1cc(C(=O)N2CCC[C@H](c3nc(C)cc(-c4cccs4)n3)C2)nc(OC)n1. The fraction of sp³-hybridized carbons (Fsp3) is 0.381. The van der Waals surface area contributed by atoms with Crippen LogP contribution in [0.2, 0.25) is 0 Å². The molecule has 0 saturated carbocycles. The summed E-state index contributed by atoms with van der Waals surface area (Å²) in [6.45, 7) is 3.18. The zero-order valence-electron chi connectivity index (χ0n) is 17.2. The molecule has 30 heavy (non-hydrogen) atoms. The lowest BCUT2D eigenvalue weighted by molar-refractivity contribution is 0.0696. The molecule has 9 heteroatoms. The predicted octanol–water partition coefficient (Wildman–Crippen LogP) is 3.34. The Kier molecular flexibility index (Phi) is 5.89. The Labute approximate surface area is 178 Å². The highest BCUT2D eigenvalue weighted by atomic mass is 32.1. The summed E-state index contributed by atoms with van der Waals surface area (Å²) in [6, 6.07) is 7.71. The number of nitrogens with zero attached hydrogens (tertiary/aromatic N) is 5. The Hall–Kier alpha value is -3.07.